The van der Waals surface area contributed by atoms with Crippen LogP contribution in [0, 0.1) is 11.8 Å². The molecule has 0 saturated carbocycles. The highest BCUT2D eigenvalue weighted by atomic mass is 16.2. The number of rotatable bonds is 6. The molecule has 2 atom stereocenters. The monoisotopic (exact) mass is 323 g/mol. The summed E-state index contributed by atoms with van der Waals surface area (Å²) in [5.41, 5.74) is 0. The van der Waals surface area contributed by atoms with Gasteiger partial charge in [0.05, 0.1) is 0 Å². The van der Waals surface area contributed by atoms with E-state index in [0.29, 0.717) is 18.3 Å². The van der Waals surface area contributed by atoms with Crippen LogP contribution in [-0.4, -0.2) is 60.9 Å². The van der Waals surface area contributed by atoms with Gasteiger partial charge < -0.3 is 15.1 Å². The van der Waals surface area contributed by atoms with Crippen LogP contribution in [0.2, 0.25) is 0 Å². The maximum Gasteiger partial charge on any atom is 0.220 e. The minimum atomic E-state index is 0.160. The van der Waals surface area contributed by atoms with Gasteiger partial charge in [0.15, 0.2) is 0 Å². The van der Waals surface area contributed by atoms with E-state index in [-0.39, 0.29) is 11.8 Å². The van der Waals surface area contributed by atoms with Gasteiger partial charge in [0.2, 0.25) is 11.8 Å². The minimum Gasteiger partial charge on any atom is -0.355 e. The molecule has 2 saturated heterocycles. The van der Waals surface area contributed by atoms with Crippen molar-refractivity contribution in [3.63, 3.8) is 0 Å². The number of nitrogens with one attached hydrogen (secondary N) is 1. The molecule has 0 radical (unpaired) electrons. The highest BCUT2D eigenvalue weighted by Gasteiger charge is 2.30. The molecule has 0 bridgehead atoms. The van der Waals surface area contributed by atoms with Crippen molar-refractivity contribution in [3.05, 3.63) is 0 Å². The second kappa shape index (κ2) is 9.26. The van der Waals surface area contributed by atoms with Crippen LogP contribution in [0.15, 0.2) is 0 Å². The summed E-state index contributed by atoms with van der Waals surface area (Å²) in [4.78, 5) is 28.1. The lowest BCUT2D eigenvalue weighted by Crippen LogP contribution is -2.44. The third-order valence-corrected chi connectivity index (χ3v) is 5.51. The summed E-state index contributed by atoms with van der Waals surface area (Å²) in [7, 11) is 0. The number of piperidine rings is 2. The van der Waals surface area contributed by atoms with E-state index in [2.05, 4.69) is 17.1 Å². The topological polar surface area (TPSA) is 52.7 Å². The molecule has 2 aliphatic rings. The number of carbonyl (C=O) groups is 2. The largest absolute Gasteiger partial charge is 0.355 e. The van der Waals surface area contributed by atoms with Crippen LogP contribution >= 0.6 is 0 Å². The second-order valence-electron chi connectivity index (χ2n) is 7.14. The molecule has 2 rings (SSSR count). The van der Waals surface area contributed by atoms with Crippen LogP contribution in [0.5, 0.6) is 0 Å². The Kier molecular flexibility index (Phi) is 7.34. The third-order valence-electron chi connectivity index (χ3n) is 5.51. The summed E-state index contributed by atoms with van der Waals surface area (Å²) >= 11 is 0. The highest BCUT2D eigenvalue weighted by Crippen LogP contribution is 2.28. The Morgan fingerprint density at radius 3 is 2.48 bits per heavy atom. The zero-order chi connectivity index (χ0) is 16.7. The van der Waals surface area contributed by atoms with Crippen molar-refractivity contribution in [3.8, 4) is 0 Å². The second-order valence-corrected chi connectivity index (χ2v) is 7.14. The van der Waals surface area contributed by atoms with Gasteiger partial charge in [-0.2, -0.15) is 0 Å². The Morgan fingerprint density at radius 2 is 1.83 bits per heavy atom. The highest BCUT2D eigenvalue weighted by molar-refractivity contribution is 5.76. The quantitative estimate of drug-likeness (QED) is 0.812. The molecule has 2 heterocycles. The van der Waals surface area contributed by atoms with Crippen LogP contribution in [0.25, 0.3) is 0 Å². The van der Waals surface area contributed by atoms with Crippen LogP contribution in [-0.2, 0) is 9.59 Å². The number of nitrogens with zero attached hydrogens (tertiary/aromatic N) is 2. The Bertz CT molecular complexity index is 394. The van der Waals surface area contributed by atoms with E-state index in [1.54, 1.807) is 6.92 Å². The van der Waals surface area contributed by atoms with Crippen molar-refractivity contribution in [1.82, 2.24) is 15.1 Å². The fourth-order valence-electron chi connectivity index (χ4n) is 3.94. The standard InChI is InChI=1S/C18H33N3O2/c1-3-16-14-21(15(2)22)11-7-17(16)13-18(23)19-8-12-20-9-5-4-6-10-20/h16-17H,3-14H2,1-2H3,(H,19,23). The van der Waals surface area contributed by atoms with E-state index in [9.17, 15) is 9.59 Å². The van der Waals surface area contributed by atoms with Gasteiger partial charge >= 0.3 is 0 Å². The van der Waals surface area contributed by atoms with Crippen LogP contribution < -0.4 is 5.32 Å². The van der Waals surface area contributed by atoms with Crippen molar-refractivity contribution in [2.75, 3.05) is 39.3 Å². The number of hydrogen-bond acceptors (Lipinski definition) is 3. The number of likely N-dealkylation sites (tertiary alicyclic amines) is 2. The normalized spacial score (nSPS) is 26.1. The molecule has 2 aliphatic heterocycles. The molecule has 2 amide bonds. The van der Waals surface area contributed by atoms with Crippen LogP contribution in [0.3, 0.4) is 0 Å². The molecule has 1 N–H and O–H groups in total. The van der Waals surface area contributed by atoms with Crippen LogP contribution in [0.4, 0.5) is 0 Å². The third kappa shape index (κ3) is 5.79. The van der Waals surface area contributed by atoms with Gasteiger partial charge in [-0.15, -0.1) is 0 Å². The van der Waals surface area contributed by atoms with Crippen molar-refractivity contribution in [2.45, 2.75) is 52.4 Å². The molecule has 2 fully saturated rings. The Morgan fingerprint density at radius 1 is 1.09 bits per heavy atom. The molecule has 5 heteroatoms. The smallest absolute Gasteiger partial charge is 0.220 e. The summed E-state index contributed by atoms with van der Waals surface area (Å²) in [6.07, 6.45) is 6.54. The summed E-state index contributed by atoms with van der Waals surface area (Å²) < 4.78 is 0. The first-order valence-electron chi connectivity index (χ1n) is 9.34. The summed E-state index contributed by atoms with van der Waals surface area (Å²) in [6, 6.07) is 0. The maximum absolute atomic E-state index is 12.2. The van der Waals surface area contributed by atoms with Gasteiger partial charge in [-0.1, -0.05) is 19.8 Å². The number of carbonyl (C=O) groups excluding carboxylic acids is 2. The molecule has 0 spiro atoms. The Hall–Kier alpha value is -1.10. The van der Waals surface area contributed by atoms with E-state index in [1.807, 2.05) is 4.90 Å². The SMILES string of the molecule is CCC1CN(C(C)=O)CCC1CC(=O)NCCN1CCCCC1. The van der Waals surface area contributed by atoms with Gasteiger partial charge in [0, 0.05) is 39.5 Å². The predicted octanol–water partition coefficient (Wildman–Crippen LogP) is 1.87. The molecule has 23 heavy (non-hydrogen) atoms. The van der Waals surface area contributed by atoms with Crippen molar-refractivity contribution < 1.29 is 9.59 Å². The number of amides is 2. The fourth-order valence-corrected chi connectivity index (χ4v) is 3.94. The molecule has 0 aromatic rings. The van der Waals surface area contributed by atoms with Gasteiger partial charge in [0.25, 0.3) is 0 Å². The summed E-state index contributed by atoms with van der Waals surface area (Å²) in [5.74, 6) is 1.22. The van der Waals surface area contributed by atoms with Gasteiger partial charge in [-0.05, 0) is 44.2 Å². The Balaban J connectivity index is 1.68. The van der Waals surface area contributed by atoms with E-state index >= 15 is 0 Å². The maximum atomic E-state index is 12.2. The predicted molar refractivity (Wildman–Crippen MR) is 92.1 cm³/mol. The molecule has 5 nitrogen and oxygen atoms in total. The lowest BCUT2D eigenvalue weighted by molar-refractivity contribution is -0.132. The average Bonchev–Trinajstić information content (AvgIpc) is 2.56. The molecular weight excluding hydrogens is 290 g/mol. The summed E-state index contributed by atoms with van der Waals surface area (Å²) in [6.45, 7) is 9.52. The molecule has 0 aromatic heterocycles. The number of hydrogen-bond donors (Lipinski definition) is 1. The molecule has 0 aromatic carbocycles. The zero-order valence-electron chi connectivity index (χ0n) is 14.9. The summed E-state index contributed by atoms with van der Waals surface area (Å²) in [5, 5.41) is 3.09. The van der Waals surface area contributed by atoms with Crippen molar-refractivity contribution in [2.24, 2.45) is 11.8 Å². The average molecular weight is 323 g/mol. The van der Waals surface area contributed by atoms with Gasteiger partial charge in [-0.25, -0.2) is 0 Å². The van der Waals surface area contributed by atoms with Crippen molar-refractivity contribution >= 4 is 11.8 Å². The lowest BCUT2D eigenvalue weighted by Gasteiger charge is -2.37. The first-order chi connectivity index (χ1) is 11.1. The zero-order valence-corrected chi connectivity index (χ0v) is 14.9. The molecule has 2 unspecified atom stereocenters. The van der Waals surface area contributed by atoms with Crippen LogP contribution in [0.1, 0.15) is 52.4 Å². The minimum absolute atomic E-state index is 0.160. The van der Waals surface area contributed by atoms with Gasteiger partial charge in [-0.3, -0.25) is 9.59 Å². The van der Waals surface area contributed by atoms with E-state index in [0.717, 1.165) is 39.0 Å². The van der Waals surface area contributed by atoms with E-state index < -0.39 is 0 Å². The fraction of sp³-hybridized carbons (Fsp3) is 0.889. The Labute approximate surface area is 140 Å². The molecule has 0 aliphatic carbocycles. The molecular formula is C18H33N3O2. The van der Waals surface area contributed by atoms with E-state index in [1.165, 1.54) is 32.4 Å². The van der Waals surface area contributed by atoms with E-state index in [4.69, 9.17) is 0 Å². The first-order valence-corrected chi connectivity index (χ1v) is 9.34. The first kappa shape index (κ1) is 18.2. The molecule has 132 valence electrons. The van der Waals surface area contributed by atoms with Crippen molar-refractivity contribution in [1.29, 1.82) is 0 Å². The lowest BCUT2D eigenvalue weighted by atomic mass is 9.81. The van der Waals surface area contributed by atoms with Gasteiger partial charge in [0.1, 0.15) is 0 Å².